The maximum absolute atomic E-state index is 7.05. The number of hydrogen-bond acceptors (Lipinski definition) is 4. The van der Waals surface area contributed by atoms with E-state index in [0.717, 1.165) is 77.0 Å². The van der Waals surface area contributed by atoms with Crippen molar-refractivity contribution in [1.29, 1.82) is 0 Å². The summed E-state index contributed by atoms with van der Waals surface area (Å²) in [5, 5.41) is 10.3. The number of thiophene rings is 1. The number of hydrogen-bond donors (Lipinski definition) is 0. The van der Waals surface area contributed by atoms with Crippen molar-refractivity contribution in [3.8, 4) is 28.3 Å². The lowest BCUT2D eigenvalue weighted by atomic mass is 9.98. The summed E-state index contributed by atoms with van der Waals surface area (Å²) in [6, 6.07) is 58.0. The van der Waals surface area contributed by atoms with Crippen LogP contribution in [0.3, 0.4) is 0 Å². The molecule has 4 heterocycles. The van der Waals surface area contributed by atoms with Crippen LogP contribution in [0.1, 0.15) is 0 Å². The quantitative estimate of drug-likeness (QED) is 0.185. The number of nitrogens with zero attached hydrogens (tertiary/aromatic N) is 3. The molecule has 0 fully saturated rings. The van der Waals surface area contributed by atoms with Gasteiger partial charge in [-0.25, -0.2) is 9.97 Å². The van der Waals surface area contributed by atoms with Gasteiger partial charge >= 0.3 is 0 Å². The van der Waals surface area contributed by atoms with Gasteiger partial charge in [-0.15, -0.1) is 11.3 Å². The predicted octanol–water partition coefficient (Wildman–Crippen LogP) is 13.5. The Morgan fingerprint density at radius 3 is 2.06 bits per heavy atom. The highest BCUT2D eigenvalue weighted by Crippen LogP contribution is 2.47. The summed E-state index contributed by atoms with van der Waals surface area (Å²) >= 11 is 1.82. The Kier molecular flexibility index (Phi) is 5.90. The standard InChI is InChI=1S/C48H27N3OS/c1-2-13-28(14-3-1)29-25-26-36-40(27-29)52-46-43(36)32-17-5-4-16-31(32)42-35-19-7-10-23-39(35)51(45(42)46)48-49-38-22-9-6-18-34(38)44(50-48)37-21-12-20-33-30-15-8-11-24-41(30)53-47(33)37/h1-27H. The van der Waals surface area contributed by atoms with Crippen LogP contribution >= 0.6 is 11.3 Å². The van der Waals surface area contributed by atoms with Gasteiger partial charge in [-0.1, -0.05) is 133 Å². The number of rotatable bonds is 3. The molecule has 8 aromatic carbocycles. The molecule has 246 valence electrons. The van der Waals surface area contributed by atoms with Gasteiger partial charge in [-0.2, -0.15) is 0 Å². The lowest BCUT2D eigenvalue weighted by Gasteiger charge is -2.13. The first-order valence-electron chi connectivity index (χ1n) is 17.8. The van der Waals surface area contributed by atoms with E-state index in [2.05, 4.69) is 162 Å². The molecule has 5 heteroatoms. The van der Waals surface area contributed by atoms with Crippen molar-refractivity contribution >= 4 is 96.9 Å². The fraction of sp³-hybridized carbons (Fsp3) is 0. The summed E-state index contributed by atoms with van der Waals surface area (Å²) in [5.74, 6) is 0.616. The Morgan fingerprint density at radius 2 is 1.19 bits per heavy atom. The minimum atomic E-state index is 0.616. The monoisotopic (exact) mass is 693 g/mol. The molecule has 4 aromatic heterocycles. The molecule has 12 aromatic rings. The molecule has 0 N–H and O–H groups in total. The van der Waals surface area contributed by atoms with Gasteiger partial charge in [0, 0.05) is 52.7 Å². The molecule has 0 aliphatic heterocycles. The Morgan fingerprint density at radius 1 is 0.491 bits per heavy atom. The van der Waals surface area contributed by atoms with E-state index in [4.69, 9.17) is 14.4 Å². The Labute approximate surface area is 306 Å². The van der Waals surface area contributed by atoms with Crippen molar-refractivity contribution in [2.75, 3.05) is 0 Å². The third-order valence-electron chi connectivity index (χ3n) is 10.8. The van der Waals surface area contributed by atoms with Gasteiger partial charge in [0.15, 0.2) is 5.58 Å². The molecule has 12 rings (SSSR count). The molecule has 0 saturated carbocycles. The maximum atomic E-state index is 7.05. The second-order valence-electron chi connectivity index (χ2n) is 13.7. The molecule has 0 radical (unpaired) electrons. The highest BCUT2D eigenvalue weighted by atomic mass is 32.1. The summed E-state index contributed by atoms with van der Waals surface area (Å²) < 4.78 is 11.8. The Bertz CT molecular complexity index is 3460. The summed E-state index contributed by atoms with van der Waals surface area (Å²) in [7, 11) is 0. The molecule has 0 aliphatic rings. The molecule has 0 spiro atoms. The molecule has 0 saturated heterocycles. The topological polar surface area (TPSA) is 43.9 Å². The number of fused-ring (bicyclic) bond motifs is 14. The zero-order chi connectivity index (χ0) is 34.6. The van der Waals surface area contributed by atoms with Crippen LogP contribution in [-0.2, 0) is 0 Å². The molecule has 0 atom stereocenters. The minimum absolute atomic E-state index is 0.616. The van der Waals surface area contributed by atoms with Gasteiger partial charge in [-0.3, -0.25) is 4.57 Å². The molecular formula is C48H27N3OS. The van der Waals surface area contributed by atoms with Gasteiger partial charge in [0.25, 0.3) is 0 Å². The summed E-state index contributed by atoms with van der Waals surface area (Å²) in [4.78, 5) is 10.9. The molecule has 53 heavy (non-hydrogen) atoms. The van der Waals surface area contributed by atoms with E-state index in [0.29, 0.717) is 5.95 Å². The Hall–Kier alpha value is -6.82. The molecular weight excluding hydrogens is 667 g/mol. The number of para-hydroxylation sites is 2. The zero-order valence-corrected chi connectivity index (χ0v) is 29.1. The van der Waals surface area contributed by atoms with E-state index in [1.807, 2.05) is 17.4 Å². The molecule has 0 aliphatic carbocycles. The average Bonchev–Trinajstić information content (AvgIpc) is 3.91. The fourth-order valence-corrected chi connectivity index (χ4v) is 9.72. The zero-order valence-electron chi connectivity index (χ0n) is 28.2. The van der Waals surface area contributed by atoms with Crippen LogP contribution < -0.4 is 0 Å². The Balaban J connectivity index is 1.23. The smallest absolute Gasteiger partial charge is 0.235 e. The van der Waals surface area contributed by atoms with Gasteiger partial charge in [0.1, 0.15) is 11.1 Å². The van der Waals surface area contributed by atoms with E-state index in [-0.39, 0.29) is 0 Å². The SMILES string of the molecule is c1ccc(-c2ccc3c(c2)oc2c3c3ccccc3c3c4ccccc4n(-c4nc(-c5cccc6c5sc5ccccc56)c5ccccc5n4)c23)cc1. The molecule has 4 nitrogen and oxygen atoms in total. The summed E-state index contributed by atoms with van der Waals surface area (Å²) in [6.07, 6.45) is 0. The summed E-state index contributed by atoms with van der Waals surface area (Å²) in [6.45, 7) is 0. The van der Waals surface area contributed by atoms with E-state index in [1.165, 1.54) is 30.9 Å². The van der Waals surface area contributed by atoms with Crippen LogP contribution in [0, 0.1) is 0 Å². The van der Waals surface area contributed by atoms with Crippen molar-refractivity contribution in [3.05, 3.63) is 164 Å². The highest BCUT2D eigenvalue weighted by molar-refractivity contribution is 7.26. The van der Waals surface area contributed by atoms with E-state index in [1.54, 1.807) is 0 Å². The molecule has 0 bridgehead atoms. The number of aromatic nitrogens is 3. The molecule has 0 amide bonds. The largest absolute Gasteiger partial charge is 0.454 e. The van der Waals surface area contributed by atoms with E-state index >= 15 is 0 Å². The first-order valence-corrected chi connectivity index (χ1v) is 18.7. The van der Waals surface area contributed by atoms with Gasteiger partial charge in [0.05, 0.1) is 16.7 Å². The second-order valence-corrected chi connectivity index (χ2v) is 14.7. The fourth-order valence-electron chi connectivity index (χ4n) is 8.50. The van der Waals surface area contributed by atoms with E-state index < -0.39 is 0 Å². The maximum Gasteiger partial charge on any atom is 0.235 e. The van der Waals surface area contributed by atoms with Crippen molar-refractivity contribution in [1.82, 2.24) is 14.5 Å². The predicted molar refractivity (Wildman–Crippen MR) is 222 cm³/mol. The lowest BCUT2D eigenvalue weighted by molar-refractivity contribution is 0.671. The van der Waals surface area contributed by atoms with E-state index in [9.17, 15) is 0 Å². The average molecular weight is 694 g/mol. The first-order chi connectivity index (χ1) is 26.3. The van der Waals surface area contributed by atoms with Crippen molar-refractivity contribution in [3.63, 3.8) is 0 Å². The van der Waals surface area contributed by atoms with Crippen LogP contribution in [0.15, 0.2) is 168 Å². The van der Waals surface area contributed by atoms with Gasteiger partial charge in [0.2, 0.25) is 5.95 Å². The normalized spacial score (nSPS) is 12.2. The van der Waals surface area contributed by atoms with Crippen LogP contribution in [0.25, 0.3) is 114 Å². The highest BCUT2D eigenvalue weighted by Gasteiger charge is 2.25. The van der Waals surface area contributed by atoms with Gasteiger partial charge in [-0.05, 0) is 52.2 Å². The molecule has 0 unspecified atom stereocenters. The second kappa shape index (κ2) is 10.8. The van der Waals surface area contributed by atoms with Crippen LogP contribution in [0.2, 0.25) is 0 Å². The number of furan rings is 1. The van der Waals surface area contributed by atoms with Gasteiger partial charge < -0.3 is 4.42 Å². The van der Waals surface area contributed by atoms with Crippen molar-refractivity contribution in [2.45, 2.75) is 0 Å². The minimum Gasteiger partial charge on any atom is -0.454 e. The van der Waals surface area contributed by atoms with Crippen LogP contribution in [0.5, 0.6) is 0 Å². The third-order valence-corrected chi connectivity index (χ3v) is 12.0. The lowest BCUT2D eigenvalue weighted by Crippen LogP contribution is -2.03. The first kappa shape index (κ1) is 28.8. The van der Waals surface area contributed by atoms with Crippen LogP contribution in [-0.4, -0.2) is 14.5 Å². The number of benzene rings is 8. The van der Waals surface area contributed by atoms with Crippen molar-refractivity contribution < 1.29 is 4.42 Å². The third kappa shape index (κ3) is 4.05. The summed E-state index contributed by atoms with van der Waals surface area (Å²) in [5.41, 5.74) is 8.89. The van der Waals surface area contributed by atoms with Crippen LogP contribution in [0.4, 0.5) is 0 Å². The van der Waals surface area contributed by atoms with Crippen molar-refractivity contribution in [2.24, 2.45) is 0 Å².